The van der Waals surface area contributed by atoms with Gasteiger partial charge in [-0.3, -0.25) is 0 Å². The summed E-state index contributed by atoms with van der Waals surface area (Å²) in [4.78, 5) is 13.5. The summed E-state index contributed by atoms with van der Waals surface area (Å²) in [6.07, 6.45) is 2.33. The van der Waals surface area contributed by atoms with Crippen molar-refractivity contribution in [3.05, 3.63) is 0 Å². The minimum atomic E-state index is -0.918. The molecular formula is C11H21NO3. The molecule has 0 atom stereocenters. The van der Waals surface area contributed by atoms with E-state index in [0.717, 1.165) is 26.1 Å². The van der Waals surface area contributed by atoms with Gasteiger partial charge in [-0.2, -0.15) is 0 Å². The van der Waals surface area contributed by atoms with Gasteiger partial charge in [-0.05, 0) is 32.7 Å². The van der Waals surface area contributed by atoms with Crippen molar-refractivity contribution in [3.63, 3.8) is 0 Å². The molecule has 0 unspecified atom stereocenters. The lowest BCUT2D eigenvalue weighted by atomic mass is 9.91. The summed E-state index contributed by atoms with van der Waals surface area (Å²) in [5, 5.41) is 9.19. The van der Waals surface area contributed by atoms with Gasteiger partial charge in [0.2, 0.25) is 0 Å². The van der Waals surface area contributed by atoms with E-state index < -0.39 is 11.6 Å². The van der Waals surface area contributed by atoms with Crippen molar-refractivity contribution in [1.29, 1.82) is 0 Å². The molecule has 0 aromatic carbocycles. The number of hydrogen-bond donors (Lipinski definition) is 1. The second kappa shape index (κ2) is 5.47. The number of ether oxygens (including phenoxy) is 1. The zero-order valence-corrected chi connectivity index (χ0v) is 9.66. The molecule has 15 heavy (non-hydrogen) atoms. The first-order valence-electron chi connectivity index (χ1n) is 5.74. The second-order valence-corrected chi connectivity index (χ2v) is 4.07. The van der Waals surface area contributed by atoms with Crippen LogP contribution in [0.1, 0.15) is 33.1 Å². The molecule has 1 fully saturated rings. The van der Waals surface area contributed by atoms with E-state index >= 15 is 0 Å². The molecule has 1 saturated heterocycles. The molecular weight excluding hydrogens is 194 g/mol. The predicted molar refractivity (Wildman–Crippen MR) is 58.0 cm³/mol. The Morgan fingerprint density at radius 3 is 2.40 bits per heavy atom. The summed E-state index contributed by atoms with van der Waals surface area (Å²) in [6, 6.07) is 0. The Hall–Kier alpha value is -0.610. The molecule has 1 aliphatic heterocycles. The van der Waals surface area contributed by atoms with Gasteiger partial charge in [-0.15, -0.1) is 0 Å². The molecule has 1 rings (SSSR count). The van der Waals surface area contributed by atoms with Crippen molar-refractivity contribution >= 4 is 5.97 Å². The number of carboxylic acid groups (broad SMARTS) is 1. The molecule has 1 heterocycles. The van der Waals surface area contributed by atoms with Crippen LogP contribution in [-0.4, -0.2) is 47.8 Å². The summed E-state index contributed by atoms with van der Waals surface area (Å²) < 4.78 is 5.43. The van der Waals surface area contributed by atoms with Crippen LogP contribution >= 0.6 is 0 Å². The third-order valence-electron chi connectivity index (χ3n) is 3.01. The Balaban J connectivity index is 2.53. The predicted octanol–water partition coefficient (Wildman–Crippen LogP) is 1.35. The van der Waals surface area contributed by atoms with Gasteiger partial charge in [-0.1, -0.05) is 6.92 Å². The van der Waals surface area contributed by atoms with Gasteiger partial charge in [-0.25, -0.2) is 4.79 Å². The summed E-state index contributed by atoms with van der Waals surface area (Å²) in [7, 11) is 0. The van der Waals surface area contributed by atoms with Crippen LogP contribution in [-0.2, 0) is 9.53 Å². The SMILES string of the molecule is CCCN1CCC(OCC)(C(=O)O)CC1. The fraction of sp³-hybridized carbons (Fsp3) is 0.909. The van der Waals surface area contributed by atoms with Crippen molar-refractivity contribution in [1.82, 2.24) is 4.90 Å². The quantitative estimate of drug-likeness (QED) is 0.752. The maximum absolute atomic E-state index is 11.2. The lowest BCUT2D eigenvalue weighted by molar-refractivity contribution is -0.172. The third kappa shape index (κ3) is 2.92. The Labute approximate surface area is 91.2 Å². The second-order valence-electron chi connectivity index (χ2n) is 4.07. The van der Waals surface area contributed by atoms with Crippen molar-refractivity contribution in [2.75, 3.05) is 26.2 Å². The molecule has 4 nitrogen and oxygen atoms in total. The van der Waals surface area contributed by atoms with Gasteiger partial charge in [0.25, 0.3) is 0 Å². The van der Waals surface area contributed by atoms with E-state index in [9.17, 15) is 9.90 Å². The first kappa shape index (κ1) is 12.5. The highest BCUT2D eigenvalue weighted by Crippen LogP contribution is 2.26. The number of piperidine rings is 1. The first-order valence-corrected chi connectivity index (χ1v) is 5.74. The summed E-state index contributed by atoms with van der Waals surface area (Å²) in [5.74, 6) is -0.805. The zero-order valence-electron chi connectivity index (χ0n) is 9.66. The molecule has 1 N–H and O–H groups in total. The zero-order chi connectivity index (χ0) is 11.3. The maximum Gasteiger partial charge on any atom is 0.336 e. The normalized spacial score (nSPS) is 21.5. The highest BCUT2D eigenvalue weighted by Gasteiger charge is 2.42. The molecule has 88 valence electrons. The van der Waals surface area contributed by atoms with E-state index in [1.165, 1.54) is 0 Å². The number of nitrogens with zero attached hydrogens (tertiary/aromatic N) is 1. The lowest BCUT2D eigenvalue weighted by Crippen LogP contribution is -2.51. The Morgan fingerprint density at radius 2 is 2.00 bits per heavy atom. The van der Waals surface area contributed by atoms with Crippen LogP contribution in [0.2, 0.25) is 0 Å². The number of carbonyl (C=O) groups is 1. The number of hydrogen-bond acceptors (Lipinski definition) is 3. The third-order valence-corrected chi connectivity index (χ3v) is 3.01. The molecule has 0 amide bonds. The highest BCUT2D eigenvalue weighted by atomic mass is 16.5. The number of aliphatic carboxylic acids is 1. The molecule has 0 saturated carbocycles. The van der Waals surface area contributed by atoms with Crippen LogP contribution in [0.25, 0.3) is 0 Å². The van der Waals surface area contributed by atoms with Gasteiger partial charge in [0, 0.05) is 19.7 Å². The van der Waals surface area contributed by atoms with Crippen LogP contribution in [0.4, 0.5) is 0 Å². The smallest absolute Gasteiger partial charge is 0.336 e. The average molecular weight is 215 g/mol. The van der Waals surface area contributed by atoms with E-state index in [4.69, 9.17) is 4.74 Å². The molecule has 0 aromatic heterocycles. The van der Waals surface area contributed by atoms with E-state index in [1.54, 1.807) is 0 Å². The lowest BCUT2D eigenvalue weighted by Gasteiger charge is -2.38. The average Bonchev–Trinajstić information content (AvgIpc) is 2.21. The largest absolute Gasteiger partial charge is 0.479 e. The number of rotatable bonds is 5. The van der Waals surface area contributed by atoms with Crippen LogP contribution in [0, 0.1) is 0 Å². The summed E-state index contributed by atoms with van der Waals surface area (Å²) in [6.45, 7) is 7.19. The molecule has 0 bridgehead atoms. The van der Waals surface area contributed by atoms with Crippen LogP contribution < -0.4 is 0 Å². The topological polar surface area (TPSA) is 49.8 Å². The minimum absolute atomic E-state index is 0.472. The molecule has 0 radical (unpaired) electrons. The minimum Gasteiger partial charge on any atom is -0.479 e. The fourth-order valence-corrected chi connectivity index (χ4v) is 2.15. The monoisotopic (exact) mass is 215 g/mol. The van der Waals surface area contributed by atoms with Crippen LogP contribution in [0.3, 0.4) is 0 Å². The molecule has 0 spiro atoms. The van der Waals surface area contributed by atoms with Crippen molar-refractivity contribution < 1.29 is 14.6 Å². The molecule has 0 aromatic rings. The van der Waals surface area contributed by atoms with Gasteiger partial charge >= 0.3 is 5.97 Å². The standard InChI is InChI=1S/C11H21NO3/c1-3-7-12-8-5-11(6-9-12,10(13)14)15-4-2/h3-9H2,1-2H3,(H,13,14). The Bertz CT molecular complexity index is 210. The van der Waals surface area contributed by atoms with E-state index in [-0.39, 0.29) is 0 Å². The van der Waals surface area contributed by atoms with E-state index in [2.05, 4.69) is 11.8 Å². The highest BCUT2D eigenvalue weighted by molar-refractivity contribution is 5.77. The number of carboxylic acids is 1. The van der Waals surface area contributed by atoms with Crippen molar-refractivity contribution in [2.24, 2.45) is 0 Å². The van der Waals surface area contributed by atoms with Crippen molar-refractivity contribution in [2.45, 2.75) is 38.7 Å². The van der Waals surface area contributed by atoms with Crippen LogP contribution in [0.5, 0.6) is 0 Å². The summed E-state index contributed by atoms with van der Waals surface area (Å²) >= 11 is 0. The van der Waals surface area contributed by atoms with Gasteiger partial charge < -0.3 is 14.7 Å². The molecule has 0 aliphatic carbocycles. The van der Waals surface area contributed by atoms with E-state index in [1.807, 2.05) is 6.92 Å². The van der Waals surface area contributed by atoms with E-state index in [0.29, 0.717) is 19.4 Å². The van der Waals surface area contributed by atoms with Gasteiger partial charge in [0.05, 0.1) is 0 Å². The van der Waals surface area contributed by atoms with Crippen molar-refractivity contribution in [3.8, 4) is 0 Å². The van der Waals surface area contributed by atoms with Gasteiger partial charge in [0.15, 0.2) is 5.60 Å². The first-order chi connectivity index (χ1) is 7.14. The molecule has 1 aliphatic rings. The fourth-order valence-electron chi connectivity index (χ4n) is 2.15. The summed E-state index contributed by atoms with van der Waals surface area (Å²) in [5.41, 5.74) is -0.918. The van der Waals surface area contributed by atoms with Gasteiger partial charge in [0.1, 0.15) is 0 Å². The molecule has 4 heteroatoms. The Morgan fingerprint density at radius 1 is 1.40 bits per heavy atom. The number of likely N-dealkylation sites (tertiary alicyclic amines) is 1. The van der Waals surface area contributed by atoms with Crippen LogP contribution in [0.15, 0.2) is 0 Å². The maximum atomic E-state index is 11.2. The Kier molecular flexibility index (Phi) is 4.54.